The Hall–Kier alpha value is -1.56. The molecule has 0 aromatic carbocycles. The summed E-state index contributed by atoms with van der Waals surface area (Å²) in [5, 5.41) is 14.5. The molecule has 164 valence electrons. The molecule has 3 fully saturated rings. The molecule has 1 aromatic heterocycles. The van der Waals surface area contributed by atoms with Crippen LogP contribution >= 0.6 is 0 Å². The number of hydrogen-bond acceptors (Lipinski definition) is 3. The van der Waals surface area contributed by atoms with Gasteiger partial charge in [0.1, 0.15) is 5.60 Å². The van der Waals surface area contributed by atoms with Crippen LogP contribution in [0, 0.1) is 35.0 Å². The van der Waals surface area contributed by atoms with Crippen LogP contribution in [0.25, 0.3) is 0 Å². The van der Waals surface area contributed by atoms with Crippen LogP contribution in [0.4, 0.5) is 8.78 Å². The van der Waals surface area contributed by atoms with Gasteiger partial charge < -0.3 is 5.11 Å². The fourth-order valence-electron chi connectivity index (χ4n) is 7.70. The number of aromatic nitrogens is 2. The maximum Gasteiger partial charge on any atom is 0.267 e. The molecule has 4 aliphatic carbocycles. The van der Waals surface area contributed by atoms with Crippen LogP contribution in [0.3, 0.4) is 0 Å². The van der Waals surface area contributed by atoms with Gasteiger partial charge in [-0.05, 0) is 80.1 Å². The summed E-state index contributed by atoms with van der Waals surface area (Å²) in [7, 11) is 0. The van der Waals surface area contributed by atoms with Crippen molar-refractivity contribution in [2.24, 2.45) is 35.0 Å². The molecule has 6 heteroatoms. The molecule has 1 aromatic rings. The molecule has 0 radical (unpaired) electrons. The number of nitrogens with zero attached hydrogens (tertiary/aromatic N) is 2. The summed E-state index contributed by atoms with van der Waals surface area (Å²) >= 11 is 0. The summed E-state index contributed by atoms with van der Waals surface area (Å²) < 4.78 is 28.5. The number of halogens is 2. The van der Waals surface area contributed by atoms with Gasteiger partial charge in [-0.1, -0.05) is 18.6 Å². The molecule has 7 atom stereocenters. The van der Waals surface area contributed by atoms with E-state index in [0.717, 1.165) is 37.7 Å². The van der Waals surface area contributed by atoms with Crippen LogP contribution in [-0.2, 0) is 11.3 Å². The average Bonchev–Trinajstić information content (AvgIpc) is 3.34. The molecular weight excluding hydrogens is 386 g/mol. The van der Waals surface area contributed by atoms with Gasteiger partial charge in [0.25, 0.3) is 6.43 Å². The minimum atomic E-state index is -2.68. The Morgan fingerprint density at radius 2 is 2.10 bits per heavy atom. The van der Waals surface area contributed by atoms with Gasteiger partial charge in [0.15, 0.2) is 5.78 Å². The fourth-order valence-corrected chi connectivity index (χ4v) is 7.70. The summed E-state index contributed by atoms with van der Waals surface area (Å²) in [6.45, 7) is 2.68. The van der Waals surface area contributed by atoms with E-state index in [0.29, 0.717) is 42.4 Å². The van der Waals surface area contributed by atoms with Crippen LogP contribution < -0.4 is 0 Å². The third-order valence-electron chi connectivity index (χ3n) is 9.21. The van der Waals surface area contributed by atoms with E-state index in [2.05, 4.69) is 18.1 Å². The van der Waals surface area contributed by atoms with Crippen molar-refractivity contribution in [3.8, 4) is 0 Å². The highest BCUT2D eigenvalue weighted by atomic mass is 19.3. The number of rotatable bonds is 4. The Kier molecular flexibility index (Phi) is 4.92. The van der Waals surface area contributed by atoms with E-state index in [-0.39, 0.29) is 24.2 Å². The van der Waals surface area contributed by atoms with Crippen molar-refractivity contribution in [3.05, 3.63) is 30.1 Å². The molecule has 7 unspecified atom stereocenters. The normalized spacial score (nSPS) is 43.0. The standard InChI is InChI=1S/C24H32F2N2O2/c1-23-9-7-17-16-8-10-24(30,22(25)26)13-15(16)3-4-18(17)19(23)5-6-20(23)21(29)14-28-12-2-11-27-28/h2-3,11-12,16-20,22,30H,4-10,13-14H2,1H3. The number of hydrogen-bond donors (Lipinski definition) is 1. The lowest BCUT2D eigenvalue weighted by atomic mass is 9.51. The van der Waals surface area contributed by atoms with E-state index in [1.54, 1.807) is 10.9 Å². The summed E-state index contributed by atoms with van der Waals surface area (Å²) in [6.07, 6.45) is 9.11. The van der Waals surface area contributed by atoms with Gasteiger partial charge in [-0.15, -0.1) is 0 Å². The largest absolute Gasteiger partial charge is 0.384 e. The number of ketones is 1. The van der Waals surface area contributed by atoms with Crippen molar-refractivity contribution >= 4 is 5.78 Å². The fraction of sp³-hybridized carbons (Fsp3) is 0.750. The first-order valence-electron chi connectivity index (χ1n) is 11.5. The average molecular weight is 419 g/mol. The van der Waals surface area contributed by atoms with Gasteiger partial charge in [0.2, 0.25) is 0 Å². The predicted molar refractivity (Wildman–Crippen MR) is 109 cm³/mol. The highest BCUT2D eigenvalue weighted by Gasteiger charge is 2.58. The van der Waals surface area contributed by atoms with Crippen molar-refractivity contribution in [3.63, 3.8) is 0 Å². The molecule has 30 heavy (non-hydrogen) atoms. The van der Waals surface area contributed by atoms with E-state index in [1.807, 2.05) is 12.3 Å². The third-order valence-corrected chi connectivity index (χ3v) is 9.21. The molecule has 1 heterocycles. The molecule has 0 bridgehead atoms. The maximum absolute atomic E-state index is 13.4. The molecule has 3 saturated carbocycles. The van der Waals surface area contributed by atoms with Gasteiger partial charge in [0.05, 0.1) is 6.54 Å². The lowest BCUT2D eigenvalue weighted by Crippen LogP contribution is -2.50. The van der Waals surface area contributed by atoms with E-state index >= 15 is 0 Å². The van der Waals surface area contributed by atoms with Crippen molar-refractivity contribution in [1.29, 1.82) is 0 Å². The summed E-state index contributed by atoms with van der Waals surface area (Å²) in [4.78, 5) is 13.1. The smallest absolute Gasteiger partial charge is 0.267 e. The van der Waals surface area contributed by atoms with Crippen LogP contribution in [0.2, 0.25) is 0 Å². The van der Waals surface area contributed by atoms with E-state index in [9.17, 15) is 18.7 Å². The summed E-state index contributed by atoms with van der Waals surface area (Å²) in [5.41, 5.74) is -0.733. The minimum absolute atomic E-state index is 0.0368. The second-order valence-electron chi connectivity index (χ2n) is 10.5. The molecular formula is C24H32F2N2O2. The zero-order chi connectivity index (χ0) is 21.1. The van der Waals surface area contributed by atoms with Gasteiger partial charge in [-0.2, -0.15) is 5.10 Å². The highest BCUT2D eigenvalue weighted by Crippen LogP contribution is 2.63. The van der Waals surface area contributed by atoms with Crippen LogP contribution in [0.1, 0.15) is 58.3 Å². The molecule has 4 aliphatic rings. The second kappa shape index (κ2) is 7.25. The van der Waals surface area contributed by atoms with Crippen LogP contribution in [0.5, 0.6) is 0 Å². The lowest BCUT2D eigenvalue weighted by Gasteiger charge is -2.54. The van der Waals surface area contributed by atoms with E-state index < -0.39 is 12.0 Å². The second-order valence-corrected chi connectivity index (χ2v) is 10.5. The van der Waals surface area contributed by atoms with Gasteiger partial charge in [-0.3, -0.25) is 9.48 Å². The monoisotopic (exact) mass is 418 g/mol. The molecule has 0 saturated heterocycles. The third kappa shape index (κ3) is 3.09. The number of fused-ring (bicyclic) bond motifs is 5. The lowest BCUT2D eigenvalue weighted by molar-refractivity contribution is -0.131. The number of allylic oxidation sites excluding steroid dienone is 1. The van der Waals surface area contributed by atoms with Gasteiger partial charge in [-0.25, -0.2) is 8.78 Å². The summed E-state index contributed by atoms with van der Waals surface area (Å²) in [6, 6.07) is 1.85. The number of carbonyl (C=O) groups excluding carboxylic acids is 1. The Morgan fingerprint density at radius 1 is 1.27 bits per heavy atom. The molecule has 0 spiro atoms. The zero-order valence-corrected chi connectivity index (χ0v) is 17.6. The van der Waals surface area contributed by atoms with Crippen molar-refractivity contribution in [1.82, 2.24) is 9.78 Å². The zero-order valence-electron chi connectivity index (χ0n) is 17.6. The van der Waals surface area contributed by atoms with E-state index in [1.165, 1.54) is 0 Å². The first-order valence-corrected chi connectivity index (χ1v) is 11.5. The van der Waals surface area contributed by atoms with Crippen LogP contribution in [-0.4, -0.2) is 32.7 Å². The molecule has 1 N–H and O–H groups in total. The van der Waals surface area contributed by atoms with Crippen molar-refractivity contribution in [2.45, 2.75) is 76.9 Å². The number of carbonyl (C=O) groups is 1. The first-order chi connectivity index (χ1) is 14.3. The van der Waals surface area contributed by atoms with Crippen molar-refractivity contribution in [2.75, 3.05) is 0 Å². The Morgan fingerprint density at radius 3 is 2.83 bits per heavy atom. The number of aliphatic hydroxyl groups is 1. The molecule has 0 amide bonds. The first kappa shape index (κ1) is 20.3. The predicted octanol–water partition coefficient (Wildman–Crippen LogP) is 4.64. The topological polar surface area (TPSA) is 55.1 Å². The number of alkyl halides is 2. The SMILES string of the molecule is CC12CCC3C4CCC(O)(C(F)F)CC4=CCC3C1CCC2C(=O)Cn1cccn1. The Labute approximate surface area is 176 Å². The Balaban J connectivity index is 1.34. The Bertz CT molecular complexity index is 838. The molecule has 5 rings (SSSR count). The number of Topliss-reactive ketones (excluding diaryl/α,β-unsaturated/α-hetero) is 1. The maximum atomic E-state index is 13.4. The van der Waals surface area contributed by atoms with Crippen LogP contribution in [0.15, 0.2) is 30.1 Å². The molecule has 0 aliphatic heterocycles. The van der Waals surface area contributed by atoms with Gasteiger partial charge >= 0.3 is 0 Å². The minimum Gasteiger partial charge on any atom is -0.384 e. The van der Waals surface area contributed by atoms with E-state index in [4.69, 9.17) is 0 Å². The van der Waals surface area contributed by atoms with Gasteiger partial charge in [0, 0.05) is 24.7 Å². The summed E-state index contributed by atoms with van der Waals surface area (Å²) in [5.74, 6) is 2.31. The highest BCUT2D eigenvalue weighted by molar-refractivity contribution is 5.82. The quantitative estimate of drug-likeness (QED) is 0.725. The van der Waals surface area contributed by atoms with Crippen molar-refractivity contribution < 1.29 is 18.7 Å². The molecule has 4 nitrogen and oxygen atoms in total.